The Bertz CT molecular complexity index is 1640. The van der Waals surface area contributed by atoms with Gasteiger partial charge in [0.05, 0.1) is 16.1 Å². The van der Waals surface area contributed by atoms with Crippen LogP contribution in [0.5, 0.6) is 5.75 Å². The Morgan fingerprint density at radius 1 is 1.16 bits per heavy atom. The predicted molar refractivity (Wildman–Crippen MR) is 121 cm³/mol. The average Bonchev–Trinajstić information content (AvgIpc) is 3.46. The molecule has 0 radical (unpaired) electrons. The normalized spacial score (nSPS) is 13.1. The summed E-state index contributed by atoms with van der Waals surface area (Å²) in [5.74, 6) is 0.763. The summed E-state index contributed by atoms with van der Waals surface area (Å²) < 4.78 is 12.9. The van der Waals surface area contributed by atoms with Gasteiger partial charge in [0, 0.05) is 24.2 Å². The van der Waals surface area contributed by atoms with Gasteiger partial charge in [-0.3, -0.25) is 15.0 Å². The van der Waals surface area contributed by atoms with Crippen LogP contribution in [0.2, 0.25) is 0 Å². The summed E-state index contributed by atoms with van der Waals surface area (Å²) in [5, 5.41) is 12.2. The summed E-state index contributed by atoms with van der Waals surface area (Å²) in [4.78, 5) is 12.6. The van der Waals surface area contributed by atoms with E-state index in [0.29, 0.717) is 22.5 Å². The predicted octanol–water partition coefficient (Wildman–Crippen LogP) is 2.15. The summed E-state index contributed by atoms with van der Waals surface area (Å²) in [7, 11) is 1.98. The van der Waals surface area contributed by atoms with Crippen LogP contribution < -0.4 is 20.9 Å². The van der Waals surface area contributed by atoms with Crippen LogP contribution in [0.1, 0.15) is 11.1 Å². The number of rotatable bonds is 4. The monoisotopic (exact) mass is 429 g/mol. The molecule has 0 bridgehead atoms. The molecule has 0 amide bonds. The number of aromatic amines is 2. The Morgan fingerprint density at radius 2 is 2.00 bits per heavy atom. The van der Waals surface area contributed by atoms with Crippen molar-refractivity contribution in [2.45, 2.75) is 6.61 Å². The molecule has 0 aliphatic rings. The van der Waals surface area contributed by atoms with E-state index in [9.17, 15) is 4.79 Å². The number of hydrogen-bond donors (Lipinski definition) is 2. The lowest BCUT2D eigenvalue weighted by Gasteiger charge is -2.08. The Morgan fingerprint density at radius 3 is 2.77 bits per heavy atom. The zero-order valence-electron chi connectivity index (χ0n) is 16.8. The first-order chi connectivity index (χ1) is 15.1. The molecule has 3 aromatic heterocycles. The zero-order chi connectivity index (χ0) is 21.4. The van der Waals surface area contributed by atoms with Crippen molar-refractivity contribution in [3.63, 3.8) is 0 Å². The Kier molecular flexibility index (Phi) is 4.76. The molecule has 0 unspecified atom stereocenters. The van der Waals surface area contributed by atoms with E-state index in [0.717, 1.165) is 32.3 Å². The van der Waals surface area contributed by atoms with E-state index in [-0.39, 0.29) is 5.56 Å². The van der Waals surface area contributed by atoms with Gasteiger partial charge in [0.2, 0.25) is 0 Å². The number of nitrogens with zero attached hydrogens (tertiary/aromatic N) is 3. The molecule has 154 valence electrons. The standard InChI is InChI=1S/C23H19N5O2S/c1-14-22(31-27-24-14)21-17(23(29)26-25-21)11-16-12-28(2)18-9-6-10-19(20(16)18)30-13-15-7-4-3-5-8-15/h3-12,25H,1,13H2,2H3,(H,26,29)/b17-11-,22-21-. The lowest BCUT2D eigenvalue weighted by atomic mass is 10.1. The van der Waals surface area contributed by atoms with Crippen LogP contribution in [0.4, 0.5) is 0 Å². The van der Waals surface area contributed by atoms with E-state index >= 15 is 0 Å². The third-order valence-electron chi connectivity index (χ3n) is 5.14. The van der Waals surface area contributed by atoms with Crippen molar-refractivity contribution in [1.82, 2.24) is 24.4 Å². The number of H-pyrrole nitrogens is 2. The highest BCUT2D eigenvalue weighted by molar-refractivity contribution is 7.03. The molecule has 31 heavy (non-hydrogen) atoms. The molecule has 0 saturated carbocycles. The molecular weight excluding hydrogens is 410 g/mol. The van der Waals surface area contributed by atoms with Crippen LogP contribution in [-0.2, 0) is 13.7 Å². The van der Waals surface area contributed by atoms with Crippen molar-refractivity contribution in [3.8, 4) is 5.75 Å². The minimum absolute atomic E-state index is 0.220. The SMILES string of the molecule is C=c1nns/c1=c1\[nH][nH]c(=O)\c1=C/c1cn(C)c2cccc(OCc3ccccc3)c12. The van der Waals surface area contributed by atoms with Crippen LogP contribution in [0, 0.1) is 9.88 Å². The zero-order valence-corrected chi connectivity index (χ0v) is 17.6. The van der Waals surface area contributed by atoms with Crippen molar-refractivity contribution in [2.75, 3.05) is 0 Å². The summed E-state index contributed by atoms with van der Waals surface area (Å²) in [6, 6.07) is 16.0. The molecule has 5 rings (SSSR count). The number of aryl methyl sites for hydroxylation is 1. The smallest absolute Gasteiger partial charge is 0.271 e. The van der Waals surface area contributed by atoms with Gasteiger partial charge in [-0.15, -0.1) is 5.10 Å². The minimum Gasteiger partial charge on any atom is -0.488 e. The van der Waals surface area contributed by atoms with Gasteiger partial charge in [-0.05, 0) is 35.3 Å². The summed E-state index contributed by atoms with van der Waals surface area (Å²) >= 11 is 1.19. The topological polar surface area (TPSA) is 88.6 Å². The van der Waals surface area contributed by atoms with Gasteiger partial charge in [-0.2, -0.15) is 0 Å². The van der Waals surface area contributed by atoms with Crippen molar-refractivity contribution in [3.05, 3.63) is 96.7 Å². The number of benzene rings is 2. The molecule has 0 aliphatic heterocycles. The second-order valence-corrected chi connectivity index (χ2v) is 7.93. The highest BCUT2D eigenvalue weighted by Crippen LogP contribution is 2.31. The van der Waals surface area contributed by atoms with Gasteiger partial charge in [-0.25, -0.2) is 0 Å². The fourth-order valence-electron chi connectivity index (χ4n) is 3.65. The van der Waals surface area contributed by atoms with Crippen LogP contribution in [0.3, 0.4) is 0 Å². The van der Waals surface area contributed by atoms with Crippen molar-refractivity contribution < 1.29 is 4.74 Å². The quantitative estimate of drug-likeness (QED) is 0.458. The molecule has 2 N–H and O–H groups in total. The molecule has 0 fully saturated rings. The lowest BCUT2D eigenvalue weighted by Crippen LogP contribution is -2.22. The molecule has 7 nitrogen and oxygen atoms in total. The molecule has 5 aromatic rings. The van der Waals surface area contributed by atoms with E-state index in [1.54, 1.807) is 0 Å². The maximum Gasteiger partial charge on any atom is 0.271 e. The highest BCUT2D eigenvalue weighted by Gasteiger charge is 2.12. The Labute approximate surface area is 180 Å². The Hall–Kier alpha value is -3.91. The fourth-order valence-corrected chi connectivity index (χ4v) is 4.27. The van der Waals surface area contributed by atoms with Crippen molar-refractivity contribution in [2.24, 2.45) is 7.05 Å². The second kappa shape index (κ2) is 7.73. The maximum absolute atomic E-state index is 12.6. The van der Waals surface area contributed by atoms with E-state index < -0.39 is 0 Å². The summed E-state index contributed by atoms with van der Waals surface area (Å²) in [6.45, 7) is 4.36. The third-order valence-corrected chi connectivity index (χ3v) is 5.93. The number of nitrogens with one attached hydrogen (secondary N) is 2. The first-order valence-corrected chi connectivity index (χ1v) is 10.4. The van der Waals surface area contributed by atoms with Gasteiger partial charge in [-0.1, -0.05) is 47.5 Å². The average molecular weight is 430 g/mol. The molecular formula is C23H19N5O2S. The molecule has 2 aromatic carbocycles. The first-order valence-electron chi connectivity index (χ1n) is 9.66. The fraction of sp³-hybridized carbons (Fsp3) is 0.0870. The van der Waals surface area contributed by atoms with Crippen LogP contribution in [0.25, 0.3) is 23.6 Å². The molecule has 0 aliphatic carbocycles. The van der Waals surface area contributed by atoms with Crippen LogP contribution >= 0.6 is 11.5 Å². The van der Waals surface area contributed by atoms with Crippen LogP contribution in [0.15, 0.2) is 59.5 Å². The molecule has 8 heteroatoms. The van der Waals surface area contributed by atoms with E-state index in [1.165, 1.54) is 11.5 Å². The van der Waals surface area contributed by atoms with Gasteiger partial charge in [0.1, 0.15) is 22.2 Å². The number of ether oxygens (including phenoxy) is 1. The maximum atomic E-state index is 12.6. The van der Waals surface area contributed by atoms with Crippen LogP contribution in [-0.4, -0.2) is 24.4 Å². The minimum atomic E-state index is -0.220. The van der Waals surface area contributed by atoms with E-state index in [2.05, 4.69) is 26.4 Å². The Balaban J connectivity index is 1.72. The summed E-state index contributed by atoms with van der Waals surface area (Å²) in [6.07, 6.45) is 3.85. The molecule has 3 heterocycles. The van der Waals surface area contributed by atoms with Crippen molar-refractivity contribution >= 4 is 35.1 Å². The second-order valence-electron chi connectivity index (χ2n) is 7.18. The molecule has 0 atom stereocenters. The third kappa shape index (κ3) is 3.47. The van der Waals surface area contributed by atoms with Gasteiger partial charge >= 0.3 is 0 Å². The lowest BCUT2D eigenvalue weighted by molar-refractivity contribution is 0.310. The van der Waals surface area contributed by atoms with Gasteiger partial charge in [0.25, 0.3) is 5.56 Å². The van der Waals surface area contributed by atoms with Gasteiger partial charge < -0.3 is 9.30 Å². The number of fused-ring (bicyclic) bond motifs is 1. The molecule has 0 spiro atoms. The van der Waals surface area contributed by atoms with Gasteiger partial charge in [0.15, 0.2) is 0 Å². The highest BCUT2D eigenvalue weighted by atomic mass is 32.1. The number of hydrogen-bond acceptors (Lipinski definition) is 5. The first kappa shape index (κ1) is 19.1. The van der Waals surface area contributed by atoms with Crippen molar-refractivity contribution in [1.29, 1.82) is 0 Å². The summed E-state index contributed by atoms with van der Waals surface area (Å²) in [5.41, 5.74) is 2.77. The van der Waals surface area contributed by atoms with E-state index in [4.69, 9.17) is 4.74 Å². The van der Waals surface area contributed by atoms with E-state index in [1.807, 2.05) is 72.4 Å². The molecule has 0 saturated heterocycles. The number of aromatic nitrogens is 5. The largest absolute Gasteiger partial charge is 0.488 e.